The average Bonchev–Trinajstić information content (AvgIpc) is 2.98. The Morgan fingerprint density at radius 3 is 2.56 bits per heavy atom. The van der Waals surface area contributed by atoms with Crippen LogP contribution in [0.1, 0.15) is 54.9 Å². The number of nitrogens with one attached hydrogen (secondary N) is 2. The molecule has 2 fully saturated rings. The van der Waals surface area contributed by atoms with Crippen molar-refractivity contribution in [2.45, 2.75) is 50.5 Å². The molecule has 3 heterocycles. The van der Waals surface area contributed by atoms with Crippen molar-refractivity contribution in [2.75, 3.05) is 43.0 Å². The van der Waals surface area contributed by atoms with Gasteiger partial charge in [-0.05, 0) is 70.0 Å². The first-order valence-corrected chi connectivity index (χ1v) is 14.5. The molecule has 12 heteroatoms. The van der Waals surface area contributed by atoms with Crippen molar-refractivity contribution < 1.29 is 33.0 Å². The molecule has 2 aliphatic heterocycles. The number of piperidine rings is 2. The maximum Gasteiger partial charge on any atom is 0.304 e. The van der Waals surface area contributed by atoms with Gasteiger partial charge in [0.25, 0.3) is 5.91 Å². The van der Waals surface area contributed by atoms with Crippen LogP contribution in [-0.4, -0.2) is 65.8 Å². The number of aromatic nitrogens is 2. The number of benzene rings is 2. The third kappa shape index (κ3) is 7.02. The number of hydrogen-bond acceptors (Lipinski definition) is 8. The predicted octanol–water partition coefficient (Wildman–Crippen LogP) is 4.55. The number of amides is 1. The summed E-state index contributed by atoms with van der Waals surface area (Å²) in [5.74, 6) is -1.79. The quantitative estimate of drug-likeness (QED) is 0.310. The van der Waals surface area contributed by atoms with Gasteiger partial charge in [-0.15, -0.1) is 0 Å². The Morgan fingerprint density at radius 2 is 1.86 bits per heavy atom. The lowest BCUT2D eigenvalue weighted by atomic mass is 9.70. The first-order chi connectivity index (χ1) is 20.8. The van der Waals surface area contributed by atoms with Gasteiger partial charge in [0.15, 0.2) is 17.3 Å². The van der Waals surface area contributed by atoms with E-state index in [1.54, 1.807) is 6.20 Å². The van der Waals surface area contributed by atoms with Crippen LogP contribution in [0.4, 0.5) is 20.4 Å². The molecule has 10 nitrogen and oxygen atoms in total. The molecule has 3 N–H and O–H groups in total. The van der Waals surface area contributed by atoms with Gasteiger partial charge in [0.05, 0.1) is 32.0 Å². The Balaban J connectivity index is 1.29. The molecule has 0 radical (unpaired) electrons. The van der Waals surface area contributed by atoms with Gasteiger partial charge in [0, 0.05) is 23.1 Å². The van der Waals surface area contributed by atoms with Crippen LogP contribution in [0.2, 0.25) is 0 Å². The minimum atomic E-state index is -1.19. The van der Waals surface area contributed by atoms with Crippen LogP contribution in [0.5, 0.6) is 11.5 Å². The summed E-state index contributed by atoms with van der Waals surface area (Å²) in [6, 6.07) is 9.41. The lowest BCUT2D eigenvalue weighted by molar-refractivity contribution is -0.138. The Morgan fingerprint density at radius 1 is 1.14 bits per heavy atom. The fraction of sp³-hybridized carbons (Fsp3) is 0.419. The van der Waals surface area contributed by atoms with Gasteiger partial charge in [-0.3, -0.25) is 14.6 Å². The molecule has 1 aromatic heterocycles. The van der Waals surface area contributed by atoms with Crippen molar-refractivity contribution in [1.82, 2.24) is 15.3 Å². The topological polar surface area (TPSA) is 126 Å². The summed E-state index contributed by atoms with van der Waals surface area (Å²) in [7, 11) is 0. The zero-order valence-corrected chi connectivity index (χ0v) is 23.9. The van der Waals surface area contributed by atoms with Crippen molar-refractivity contribution in [2.24, 2.45) is 0 Å². The van der Waals surface area contributed by atoms with Crippen LogP contribution in [0.3, 0.4) is 0 Å². The normalized spacial score (nSPS) is 18.1. The summed E-state index contributed by atoms with van der Waals surface area (Å²) < 4.78 is 42.7. The lowest BCUT2D eigenvalue weighted by Crippen LogP contribution is -2.42. The summed E-state index contributed by atoms with van der Waals surface area (Å²) >= 11 is 0. The second-order valence-electron chi connectivity index (χ2n) is 10.8. The number of hydrogen-bond donors (Lipinski definition) is 3. The van der Waals surface area contributed by atoms with Crippen LogP contribution in [0, 0.1) is 11.6 Å². The molecule has 1 atom stereocenters. The maximum atomic E-state index is 15.4. The number of nitrogens with zero attached hydrogens (tertiary/aromatic N) is 3. The predicted molar refractivity (Wildman–Crippen MR) is 156 cm³/mol. The molecule has 5 rings (SSSR count). The largest absolute Gasteiger partial charge is 0.490 e. The minimum Gasteiger partial charge on any atom is -0.490 e. The maximum absolute atomic E-state index is 15.4. The van der Waals surface area contributed by atoms with Crippen LogP contribution in [-0.2, 0) is 10.2 Å². The highest BCUT2D eigenvalue weighted by Crippen LogP contribution is 2.40. The van der Waals surface area contributed by atoms with E-state index in [1.165, 1.54) is 6.20 Å². The molecule has 0 unspecified atom stereocenters. The van der Waals surface area contributed by atoms with E-state index in [1.807, 2.05) is 36.1 Å². The monoisotopic (exact) mass is 595 g/mol. The Hall–Kier alpha value is -4.32. The molecular formula is C31H35F2N5O5. The average molecular weight is 596 g/mol. The number of carboxylic acid groups (broad SMARTS) is 1. The number of para-hydroxylation sites is 2. The third-order valence-corrected chi connectivity index (χ3v) is 7.89. The molecule has 43 heavy (non-hydrogen) atoms. The third-order valence-electron chi connectivity index (χ3n) is 7.89. The molecule has 0 saturated carbocycles. The van der Waals surface area contributed by atoms with E-state index in [0.29, 0.717) is 50.1 Å². The van der Waals surface area contributed by atoms with E-state index in [-0.39, 0.29) is 35.9 Å². The lowest BCUT2D eigenvalue weighted by Gasteiger charge is -2.37. The summed E-state index contributed by atoms with van der Waals surface area (Å²) in [5.41, 5.74) is -1.73. The van der Waals surface area contributed by atoms with E-state index in [0.717, 1.165) is 25.0 Å². The van der Waals surface area contributed by atoms with E-state index >= 15 is 8.78 Å². The molecule has 1 amide bonds. The summed E-state index contributed by atoms with van der Waals surface area (Å²) in [5, 5.41) is 15.1. The fourth-order valence-electron chi connectivity index (χ4n) is 5.92. The highest BCUT2D eigenvalue weighted by atomic mass is 19.1. The van der Waals surface area contributed by atoms with Crippen LogP contribution < -0.4 is 25.0 Å². The molecule has 0 aliphatic carbocycles. The molecule has 0 bridgehead atoms. The van der Waals surface area contributed by atoms with Crippen LogP contribution in [0.25, 0.3) is 0 Å². The van der Waals surface area contributed by atoms with E-state index < -0.39 is 35.3 Å². The Labute approximate surface area is 248 Å². The standard InChI is InChI=1S/C31H35F2N5O5/c1-2-42-24-7-3-4-8-25(24)43-21-6-5-13-38(19-21)27-18-35-17-26(36-27)37-30(41)20-14-22(32)29(23(33)15-20)31(16-28(39)40)9-11-34-12-10-31/h3-4,7-8,14-15,17-18,21,34H,2,5-6,9-13,16,19H2,1H3,(H,39,40)(H,36,37,41)/t21-/m1/s1. The molecular weight excluding hydrogens is 560 g/mol. The number of aliphatic carboxylic acids is 1. The first kappa shape index (κ1) is 30.1. The number of rotatable bonds is 10. The smallest absolute Gasteiger partial charge is 0.304 e. The van der Waals surface area contributed by atoms with Crippen molar-refractivity contribution in [3.8, 4) is 11.5 Å². The summed E-state index contributed by atoms with van der Waals surface area (Å²) in [6.07, 6.45) is 4.64. The Kier molecular flexibility index (Phi) is 9.34. The van der Waals surface area contributed by atoms with E-state index in [2.05, 4.69) is 20.6 Å². The minimum absolute atomic E-state index is 0.121. The number of carboxylic acids is 1. The molecule has 0 spiro atoms. The fourth-order valence-corrected chi connectivity index (χ4v) is 5.92. The van der Waals surface area contributed by atoms with Crippen molar-refractivity contribution in [1.29, 1.82) is 0 Å². The van der Waals surface area contributed by atoms with Crippen molar-refractivity contribution in [3.05, 3.63) is 71.6 Å². The number of anilines is 2. The van der Waals surface area contributed by atoms with Crippen LogP contribution in [0.15, 0.2) is 48.8 Å². The zero-order valence-electron chi connectivity index (χ0n) is 23.9. The highest BCUT2D eigenvalue weighted by Gasteiger charge is 2.41. The second kappa shape index (κ2) is 13.3. The summed E-state index contributed by atoms with van der Waals surface area (Å²) in [4.78, 5) is 35.3. The number of ether oxygens (including phenoxy) is 2. The highest BCUT2D eigenvalue weighted by molar-refractivity contribution is 6.03. The van der Waals surface area contributed by atoms with Gasteiger partial charge in [-0.1, -0.05) is 12.1 Å². The zero-order chi connectivity index (χ0) is 30.4. The van der Waals surface area contributed by atoms with E-state index in [9.17, 15) is 14.7 Å². The first-order valence-electron chi connectivity index (χ1n) is 14.5. The number of carbonyl (C=O) groups excluding carboxylic acids is 1. The van der Waals surface area contributed by atoms with Gasteiger partial charge in [0.2, 0.25) is 0 Å². The van der Waals surface area contributed by atoms with Gasteiger partial charge < -0.3 is 30.1 Å². The van der Waals surface area contributed by atoms with Gasteiger partial charge in [0.1, 0.15) is 23.6 Å². The Bertz CT molecular complexity index is 1440. The molecule has 228 valence electrons. The molecule has 2 aliphatic rings. The molecule has 2 aromatic carbocycles. The van der Waals surface area contributed by atoms with Gasteiger partial charge >= 0.3 is 5.97 Å². The van der Waals surface area contributed by atoms with Crippen LogP contribution >= 0.6 is 0 Å². The van der Waals surface area contributed by atoms with Crippen molar-refractivity contribution >= 4 is 23.5 Å². The second-order valence-corrected chi connectivity index (χ2v) is 10.8. The van der Waals surface area contributed by atoms with Gasteiger partial charge in [-0.2, -0.15) is 0 Å². The SMILES string of the molecule is CCOc1ccccc1O[C@@H]1CCCN(c2cncc(NC(=O)c3cc(F)c(C4(CC(=O)O)CCNCC4)c(F)c3)n2)C1. The molecule has 2 saturated heterocycles. The number of halogens is 2. The molecule has 3 aromatic rings. The summed E-state index contributed by atoms with van der Waals surface area (Å²) in [6.45, 7) is 4.57. The number of carbonyl (C=O) groups is 2. The van der Waals surface area contributed by atoms with E-state index in [4.69, 9.17) is 9.47 Å². The van der Waals surface area contributed by atoms with Gasteiger partial charge in [-0.25, -0.2) is 13.8 Å². The van der Waals surface area contributed by atoms with Crippen molar-refractivity contribution in [3.63, 3.8) is 0 Å².